The van der Waals surface area contributed by atoms with Gasteiger partial charge < -0.3 is 20.4 Å². The van der Waals surface area contributed by atoms with Crippen molar-refractivity contribution in [2.24, 2.45) is 0 Å². The molecule has 6 nitrogen and oxygen atoms in total. The second-order valence-corrected chi connectivity index (χ2v) is 5.48. The van der Waals surface area contributed by atoms with Crippen LogP contribution in [0.15, 0.2) is 47.1 Å². The van der Waals surface area contributed by atoms with Gasteiger partial charge in [0.15, 0.2) is 5.76 Å². The summed E-state index contributed by atoms with van der Waals surface area (Å²) < 4.78 is 43.1. The molecule has 2 rings (SSSR count). The van der Waals surface area contributed by atoms with Crippen LogP contribution in [-0.2, 0) is 6.18 Å². The fourth-order valence-electron chi connectivity index (χ4n) is 2.16. The third-order valence-electron chi connectivity index (χ3n) is 3.50. The summed E-state index contributed by atoms with van der Waals surface area (Å²) in [4.78, 5) is 23.4. The van der Waals surface area contributed by atoms with Crippen molar-refractivity contribution in [2.45, 2.75) is 19.1 Å². The minimum Gasteiger partial charge on any atom is -0.459 e. The summed E-state index contributed by atoms with van der Waals surface area (Å²) in [5.74, 6) is -0.248. The number of hydrogen-bond acceptors (Lipinski definition) is 3. The largest absolute Gasteiger partial charge is 0.459 e. The zero-order valence-electron chi connectivity index (χ0n) is 13.9. The number of nitrogens with one attached hydrogen (secondary N) is 3. The van der Waals surface area contributed by atoms with E-state index in [1.165, 1.54) is 24.5 Å². The lowest BCUT2D eigenvalue weighted by atomic mass is 10.1. The average Bonchev–Trinajstić information content (AvgIpc) is 3.12. The molecular formula is C17H18F3N3O3. The highest BCUT2D eigenvalue weighted by Crippen LogP contribution is 2.30. The molecule has 0 radical (unpaired) electrons. The Morgan fingerprint density at radius 2 is 1.85 bits per heavy atom. The maximum Gasteiger partial charge on any atom is 0.416 e. The van der Waals surface area contributed by atoms with Gasteiger partial charge in [0.1, 0.15) is 0 Å². The number of alkyl halides is 3. The molecule has 2 aromatic rings. The van der Waals surface area contributed by atoms with E-state index in [0.717, 1.165) is 12.1 Å². The fourth-order valence-corrected chi connectivity index (χ4v) is 2.16. The molecule has 1 unspecified atom stereocenters. The Balaban J connectivity index is 1.76. The maximum atomic E-state index is 12.7. The van der Waals surface area contributed by atoms with E-state index < -0.39 is 29.7 Å². The number of carbonyl (C=O) groups excluding carboxylic acids is 2. The van der Waals surface area contributed by atoms with Crippen molar-refractivity contribution in [1.29, 1.82) is 0 Å². The Morgan fingerprint density at radius 3 is 2.50 bits per heavy atom. The molecule has 1 aromatic heterocycles. The molecule has 0 aliphatic rings. The molecule has 0 fully saturated rings. The van der Waals surface area contributed by atoms with Crippen LogP contribution in [0.1, 0.15) is 34.6 Å². The van der Waals surface area contributed by atoms with Crippen molar-refractivity contribution in [3.63, 3.8) is 0 Å². The Morgan fingerprint density at radius 1 is 1.12 bits per heavy atom. The fraction of sp³-hybridized carbons (Fsp3) is 0.294. The summed E-state index contributed by atoms with van der Waals surface area (Å²) in [5, 5.41) is 7.60. The highest BCUT2D eigenvalue weighted by atomic mass is 19.4. The molecule has 140 valence electrons. The van der Waals surface area contributed by atoms with Crippen LogP contribution in [0.3, 0.4) is 0 Å². The van der Waals surface area contributed by atoms with Gasteiger partial charge in [0.25, 0.3) is 5.91 Å². The van der Waals surface area contributed by atoms with Gasteiger partial charge in [-0.2, -0.15) is 13.2 Å². The number of amides is 3. The molecule has 0 spiro atoms. The van der Waals surface area contributed by atoms with E-state index in [1.54, 1.807) is 13.0 Å². The topological polar surface area (TPSA) is 83.4 Å². The first-order chi connectivity index (χ1) is 12.3. The van der Waals surface area contributed by atoms with Gasteiger partial charge in [-0.15, -0.1) is 0 Å². The third kappa shape index (κ3) is 5.54. The van der Waals surface area contributed by atoms with Crippen molar-refractivity contribution in [1.82, 2.24) is 16.0 Å². The molecule has 3 N–H and O–H groups in total. The van der Waals surface area contributed by atoms with Gasteiger partial charge in [-0.3, -0.25) is 4.79 Å². The average molecular weight is 369 g/mol. The van der Waals surface area contributed by atoms with Crippen LogP contribution in [0.25, 0.3) is 0 Å². The SMILES string of the molecule is CC(NC(=O)NCCNC(=O)c1ccco1)c1cccc(C(F)(F)F)c1. The van der Waals surface area contributed by atoms with Crippen molar-refractivity contribution in [3.8, 4) is 0 Å². The summed E-state index contributed by atoms with van der Waals surface area (Å²) in [5.41, 5.74) is -0.439. The second kappa shape index (κ2) is 8.41. The first-order valence-corrected chi connectivity index (χ1v) is 7.80. The second-order valence-electron chi connectivity index (χ2n) is 5.48. The van der Waals surface area contributed by atoms with Crippen LogP contribution in [0.2, 0.25) is 0 Å². The number of furan rings is 1. The van der Waals surface area contributed by atoms with Crippen LogP contribution in [0, 0.1) is 0 Å². The molecule has 1 aromatic carbocycles. The molecule has 0 aliphatic carbocycles. The summed E-state index contributed by atoms with van der Waals surface area (Å²) in [6.07, 6.45) is -3.07. The van der Waals surface area contributed by atoms with Crippen molar-refractivity contribution in [2.75, 3.05) is 13.1 Å². The third-order valence-corrected chi connectivity index (χ3v) is 3.50. The Bertz CT molecular complexity index is 745. The Hall–Kier alpha value is -2.97. The smallest absolute Gasteiger partial charge is 0.416 e. The van der Waals surface area contributed by atoms with Gasteiger partial charge in [0.05, 0.1) is 17.9 Å². The van der Waals surface area contributed by atoms with Crippen LogP contribution in [-0.4, -0.2) is 25.0 Å². The quantitative estimate of drug-likeness (QED) is 0.684. The van der Waals surface area contributed by atoms with Gasteiger partial charge in [0, 0.05) is 13.1 Å². The van der Waals surface area contributed by atoms with Gasteiger partial charge in [0.2, 0.25) is 0 Å². The molecule has 26 heavy (non-hydrogen) atoms. The molecule has 3 amide bonds. The lowest BCUT2D eigenvalue weighted by Crippen LogP contribution is -2.41. The highest BCUT2D eigenvalue weighted by Gasteiger charge is 2.30. The monoisotopic (exact) mass is 369 g/mol. The van der Waals surface area contributed by atoms with Crippen LogP contribution in [0.4, 0.5) is 18.0 Å². The Labute approximate surface area is 147 Å². The molecule has 0 saturated heterocycles. The molecule has 1 atom stereocenters. The standard InChI is InChI=1S/C17H18F3N3O3/c1-11(12-4-2-5-13(10-12)17(18,19)20)23-16(25)22-8-7-21-15(24)14-6-3-9-26-14/h2-6,9-11H,7-8H2,1H3,(H,21,24)(H2,22,23,25). The van der Waals surface area contributed by atoms with E-state index in [-0.39, 0.29) is 18.8 Å². The van der Waals surface area contributed by atoms with E-state index in [2.05, 4.69) is 16.0 Å². The normalized spacial score (nSPS) is 12.3. The van der Waals surface area contributed by atoms with E-state index in [4.69, 9.17) is 4.42 Å². The maximum absolute atomic E-state index is 12.7. The summed E-state index contributed by atoms with van der Waals surface area (Å²) in [6.45, 7) is 1.90. The summed E-state index contributed by atoms with van der Waals surface area (Å²) in [6, 6.07) is 6.67. The predicted molar refractivity (Wildman–Crippen MR) is 87.4 cm³/mol. The Kier molecular flexibility index (Phi) is 6.26. The first-order valence-electron chi connectivity index (χ1n) is 7.80. The molecular weight excluding hydrogens is 351 g/mol. The van der Waals surface area contributed by atoms with Crippen LogP contribution >= 0.6 is 0 Å². The van der Waals surface area contributed by atoms with Gasteiger partial charge in [-0.1, -0.05) is 12.1 Å². The lowest BCUT2D eigenvalue weighted by Gasteiger charge is -2.16. The lowest BCUT2D eigenvalue weighted by molar-refractivity contribution is -0.137. The van der Waals surface area contributed by atoms with Gasteiger partial charge >= 0.3 is 12.2 Å². The number of benzene rings is 1. The number of halogens is 3. The van der Waals surface area contributed by atoms with Gasteiger partial charge in [-0.25, -0.2) is 4.79 Å². The molecule has 9 heteroatoms. The van der Waals surface area contributed by atoms with Crippen LogP contribution < -0.4 is 16.0 Å². The van der Waals surface area contributed by atoms with Gasteiger partial charge in [-0.05, 0) is 36.8 Å². The van der Waals surface area contributed by atoms with E-state index in [9.17, 15) is 22.8 Å². The highest BCUT2D eigenvalue weighted by molar-refractivity contribution is 5.91. The first kappa shape index (κ1) is 19.4. The van der Waals surface area contributed by atoms with Crippen molar-refractivity contribution >= 4 is 11.9 Å². The van der Waals surface area contributed by atoms with E-state index >= 15 is 0 Å². The van der Waals surface area contributed by atoms with Crippen LogP contribution in [0.5, 0.6) is 0 Å². The number of urea groups is 1. The molecule has 0 bridgehead atoms. The molecule has 0 aliphatic heterocycles. The minimum atomic E-state index is -4.44. The van der Waals surface area contributed by atoms with E-state index in [0.29, 0.717) is 5.56 Å². The van der Waals surface area contributed by atoms with Crippen molar-refractivity contribution in [3.05, 3.63) is 59.5 Å². The van der Waals surface area contributed by atoms with Crippen molar-refractivity contribution < 1.29 is 27.2 Å². The summed E-state index contributed by atoms with van der Waals surface area (Å²) in [7, 11) is 0. The molecule has 0 saturated carbocycles. The zero-order valence-corrected chi connectivity index (χ0v) is 13.9. The number of rotatable bonds is 6. The predicted octanol–water partition coefficient (Wildman–Crippen LogP) is 3.09. The minimum absolute atomic E-state index is 0.146. The number of hydrogen-bond donors (Lipinski definition) is 3. The number of carbonyl (C=O) groups is 2. The van der Waals surface area contributed by atoms with E-state index in [1.807, 2.05) is 0 Å². The summed E-state index contributed by atoms with van der Waals surface area (Å²) >= 11 is 0. The molecule has 1 heterocycles. The zero-order chi connectivity index (χ0) is 19.2.